The Balaban J connectivity index is 1.60. The van der Waals surface area contributed by atoms with Gasteiger partial charge in [0.1, 0.15) is 5.75 Å². The topological polar surface area (TPSA) is 38.3 Å². The number of rotatable bonds is 6. The number of carbonyl (C=O) groups is 1. The molecular formula is C22H27NO2. The molecule has 0 radical (unpaired) electrons. The molecule has 132 valence electrons. The number of nitrogens with one attached hydrogen (secondary N) is 1. The molecule has 3 rings (SSSR count). The van der Waals surface area contributed by atoms with Gasteiger partial charge in [0, 0.05) is 6.54 Å². The van der Waals surface area contributed by atoms with Crippen LogP contribution in [0.3, 0.4) is 0 Å². The van der Waals surface area contributed by atoms with Crippen LogP contribution in [-0.4, -0.2) is 12.0 Å². The zero-order valence-corrected chi connectivity index (χ0v) is 15.2. The monoisotopic (exact) mass is 337 g/mol. The van der Waals surface area contributed by atoms with Gasteiger partial charge in [0.15, 0.2) is 6.10 Å². The van der Waals surface area contributed by atoms with Crippen LogP contribution in [0.25, 0.3) is 0 Å². The van der Waals surface area contributed by atoms with Gasteiger partial charge in [-0.3, -0.25) is 4.79 Å². The molecular weight excluding hydrogens is 310 g/mol. The molecule has 0 fully saturated rings. The van der Waals surface area contributed by atoms with Crippen LogP contribution in [0.4, 0.5) is 0 Å². The van der Waals surface area contributed by atoms with Crippen molar-refractivity contribution in [3.63, 3.8) is 0 Å². The number of carbonyl (C=O) groups excluding carboxylic acids is 1. The van der Waals surface area contributed by atoms with Gasteiger partial charge in [-0.15, -0.1) is 0 Å². The molecule has 1 aliphatic rings. The predicted octanol–water partition coefficient (Wildman–Crippen LogP) is 4.35. The van der Waals surface area contributed by atoms with Gasteiger partial charge in [-0.25, -0.2) is 0 Å². The third-order valence-corrected chi connectivity index (χ3v) is 4.81. The Morgan fingerprint density at radius 1 is 1.12 bits per heavy atom. The lowest BCUT2D eigenvalue weighted by Crippen LogP contribution is -2.37. The summed E-state index contributed by atoms with van der Waals surface area (Å²) in [6.45, 7) is 4.57. The Bertz CT molecular complexity index is 739. The first-order valence-electron chi connectivity index (χ1n) is 9.27. The van der Waals surface area contributed by atoms with Gasteiger partial charge in [-0.05, 0) is 67.9 Å². The largest absolute Gasteiger partial charge is 0.481 e. The summed E-state index contributed by atoms with van der Waals surface area (Å²) in [5.74, 6) is 0.750. The highest BCUT2D eigenvalue weighted by atomic mass is 16.5. The van der Waals surface area contributed by atoms with E-state index in [4.69, 9.17) is 4.74 Å². The first-order valence-corrected chi connectivity index (χ1v) is 9.27. The number of amides is 1. The third kappa shape index (κ3) is 4.62. The van der Waals surface area contributed by atoms with Crippen molar-refractivity contribution in [2.75, 3.05) is 0 Å². The average molecular weight is 337 g/mol. The number of aryl methyl sites for hydroxylation is 3. The highest BCUT2D eigenvalue weighted by Crippen LogP contribution is 2.26. The predicted molar refractivity (Wildman–Crippen MR) is 101 cm³/mol. The molecule has 3 heteroatoms. The molecule has 0 aromatic heterocycles. The summed E-state index contributed by atoms with van der Waals surface area (Å²) in [5, 5.41) is 3.00. The van der Waals surface area contributed by atoms with E-state index in [1.807, 2.05) is 25.1 Å². The van der Waals surface area contributed by atoms with E-state index in [0.29, 0.717) is 13.0 Å². The summed E-state index contributed by atoms with van der Waals surface area (Å²) in [6, 6.07) is 14.5. The van der Waals surface area contributed by atoms with Gasteiger partial charge < -0.3 is 10.1 Å². The van der Waals surface area contributed by atoms with Gasteiger partial charge in [-0.2, -0.15) is 0 Å². The molecule has 2 aromatic rings. The van der Waals surface area contributed by atoms with E-state index in [1.165, 1.54) is 29.5 Å². The summed E-state index contributed by atoms with van der Waals surface area (Å²) in [4.78, 5) is 12.5. The molecule has 1 atom stereocenters. The van der Waals surface area contributed by atoms with Crippen molar-refractivity contribution in [1.29, 1.82) is 0 Å². The Kier molecular flexibility index (Phi) is 5.75. The zero-order valence-electron chi connectivity index (χ0n) is 15.2. The van der Waals surface area contributed by atoms with Crippen LogP contribution in [0.15, 0.2) is 42.5 Å². The molecule has 0 heterocycles. The number of hydrogen-bond acceptors (Lipinski definition) is 2. The standard InChI is InChI=1S/C22H27NO2/c1-3-21(22(24)23-15-17-8-6-7-16(2)13-17)25-20-12-11-18-9-4-5-10-19(18)14-20/h6-8,11-14,21H,3-5,9-10,15H2,1-2H3,(H,23,24)/t21-/m1/s1. The van der Waals surface area contributed by atoms with Crippen molar-refractivity contribution in [1.82, 2.24) is 5.32 Å². The SMILES string of the molecule is CC[C@@H](Oc1ccc2c(c1)CCCC2)C(=O)NCc1cccc(C)c1. The highest BCUT2D eigenvalue weighted by Gasteiger charge is 2.19. The molecule has 0 saturated carbocycles. The minimum Gasteiger partial charge on any atom is -0.481 e. The molecule has 0 unspecified atom stereocenters. The Labute approximate surface area is 150 Å². The summed E-state index contributed by atoms with van der Waals surface area (Å²) >= 11 is 0. The van der Waals surface area contributed by atoms with Crippen molar-refractivity contribution < 1.29 is 9.53 Å². The number of hydrogen-bond donors (Lipinski definition) is 1. The molecule has 1 amide bonds. The maximum Gasteiger partial charge on any atom is 0.261 e. The van der Waals surface area contributed by atoms with Crippen molar-refractivity contribution in [3.05, 3.63) is 64.7 Å². The van der Waals surface area contributed by atoms with Crippen LogP contribution in [0.1, 0.15) is 48.4 Å². The first-order chi connectivity index (χ1) is 12.2. The number of fused-ring (bicyclic) bond motifs is 1. The minimum atomic E-state index is -0.452. The fourth-order valence-electron chi connectivity index (χ4n) is 3.39. The van der Waals surface area contributed by atoms with Gasteiger partial charge >= 0.3 is 0 Å². The molecule has 0 bridgehead atoms. The molecule has 1 N–H and O–H groups in total. The second-order valence-corrected chi connectivity index (χ2v) is 6.86. The van der Waals surface area contributed by atoms with E-state index in [9.17, 15) is 4.79 Å². The molecule has 25 heavy (non-hydrogen) atoms. The molecule has 3 nitrogen and oxygen atoms in total. The van der Waals surface area contributed by atoms with Crippen molar-refractivity contribution in [3.8, 4) is 5.75 Å². The van der Waals surface area contributed by atoms with Crippen LogP contribution in [0.2, 0.25) is 0 Å². The van der Waals surface area contributed by atoms with Gasteiger partial charge in [0.05, 0.1) is 0 Å². The van der Waals surface area contributed by atoms with E-state index in [2.05, 4.69) is 36.5 Å². The summed E-state index contributed by atoms with van der Waals surface area (Å²) in [6.07, 6.45) is 4.98. The van der Waals surface area contributed by atoms with Crippen LogP contribution >= 0.6 is 0 Å². The van der Waals surface area contributed by atoms with Crippen LogP contribution in [0.5, 0.6) is 5.75 Å². The van der Waals surface area contributed by atoms with Gasteiger partial charge in [0.25, 0.3) is 5.91 Å². The molecule has 0 saturated heterocycles. The zero-order chi connectivity index (χ0) is 17.6. The summed E-state index contributed by atoms with van der Waals surface area (Å²) in [7, 11) is 0. The normalized spacial score (nSPS) is 14.5. The lowest BCUT2D eigenvalue weighted by molar-refractivity contribution is -0.128. The average Bonchev–Trinajstić information content (AvgIpc) is 2.64. The molecule has 2 aromatic carbocycles. The lowest BCUT2D eigenvalue weighted by Gasteiger charge is -2.20. The molecule has 1 aliphatic carbocycles. The smallest absolute Gasteiger partial charge is 0.261 e. The van der Waals surface area contributed by atoms with Crippen molar-refractivity contribution in [2.24, 2.45) is 0 Å². The maximum absolute atomic E-state index is 12.5. The Hall–Kier alpha value is -2.29. The maximum atomic E-state index is 12.5. The van der Waals surface area contributed by atoms with Crippen LogP contribution in [-0.2, 0) is 24.2 Å². The molecule has 0 spiro atoms. The fourth-order valence-corrected chi connectivity index (χ4v) is 3.39. The van der Waals surface area contributed by atoms with E-state index in [0.717, 1.165) is 24.2 Å². The fraction of sp³-hybridized carbons (Fsp3) is 0.409. The lowest BCUT2D eigenvalue weighted by atomic mass is 9.92. The van der Waals surface area contributed by atoms with Crippen LogP contribution in [0, 0.1) is 6.92 Å². The van der Waals surface area contributed by atoms with Crippen LogP contribution < -0.4 is 10.1 Å². The van der Waals surface area contributed by atoms with Crippen molar-refractivity contribution in [2.45, 2.75) is 58.6 Å². The van der Waals surface area contributed by atoms with E-state index in [1.54, 1.807) is 0 Å². The Morgan fingerprint density at radius 2 is 1.92 bits per heavy atom. The molecule has 0 aliphatic heterocycles. The second kappa shape index (κ2) is 8.19. The third-order valence-electron chi connectivity index (χ3n) is 4.81. The first kappa shape index (κ1) is 17.5. The summed E-state index contributed by atoms with van der Waals surface area (Å²) < 4.78 is 5.99. The number of benzene rings is 2. The number of ether oxygens (including phenoxy) is 1. The second-order valence-electron chi connectivity index (χ2n) is 6.86. The highest BCUT2D eigenvalue weighted by molar-refractivity contribution is 5.81. The minimum absolute atomic E-state index is 0.0540. The Morgan fingerprint density at radius 3 is 2.68 bits per heavy atom. The summed E-state index contributed by atoms with van der Waals surface area (Å²) in [5.41, 5.74) is 5.11. The van der Waals surface area contributed by atoms with Gasteiger partial charge in [-0.1, -0.05) is 42.8 Å². The van der Waals surface area contributed by atoms with E-state index < -0.39 is 6.10 Å². The van der Waals surface area contributed by atoms with Gasteiger partial charge in [0.2, 0.25) is 0 Å². The van der Waals surface area contributed by atoms with E-state index >= 15 is 0 Å². The van der Waals surface area contributed by atoms with Crippen molar-refractivity contribution >= 4 is 5.91 Å². The quantitative estimate of drug-likeness (QED) is 0.851. The van der Waals surface area contributed by atoms with E-state index in [-0.39, 0.29) is 5.91 Å².